The van der Waals surface area contributed by atoms with Crippen LogP contribution in [0.5, 0.6) is 0 Å². The Bertz CT molecular complexity index is 1040. The molecule has 0 aliphatic carbocycles. The van der Waals surface area contributed by atoms with E-state index in [0.29, 0.717) is 24.5 Å². The van der Waals surface area contributed by atoms with Crippen LogP contribution in [-0.2, 0) is 11.3 Å². The van der Waals surface area contributed by atoms with Crippen molar-refractivity contribution in [2.24, 2.45) is 5.92 Å². The maximum absolute atomic E-state index is 12.5. The Morgan fingerprint density at radius 3 is 2.67 bits per heavy atom. The molecule has 1 aliphatic rings. The number of rotatable bonds is 6. The molecule has 4 heterocycles. The standard InChI is InChI=1S/C20H24N8O2/c1-15-13-21-14-27(20(15)30)12-8-22-19(29)16-5-10-26(11-6-16)17-3-4-18(25-24-17)28-9-2-7-23-28/h2-4,7,9,13-14,16H,5-6,8,10-12H2,1H3,(H,22,29). The van der Waals surface area contributed by atoms with Gasteiger partial charge >= 0.3 is 0 Å². The second-order valence-corrected chi connectivity index (χ2v) is 7.33. The Morgan fingerprint density at radius 2 is 1.97 bits per heavy atom. The number of nitrogens with zero attached hydrogens (tertiary/aromatic N) is 7. The summed E-state index contributed by atoms with van der Waals surface area (Å²) < 4.78 is 3.18. The summed E-state index contributed by atoms with van der Waals surface area (Å²) in [7, 11) is 0. The molecule has 0 unspecified atom stereocenters. The number of nitrogens with one attached hydrogen (secondary N) is 1. The lowest BCUT2D eigenvalue weighted by atomic mass is 9.96. The summed E-state index contributed by atoms with van der Waals surface area (Å²) in [5.41, 5.74) is 0.518. The highest BCUT2D eigenvalue weighted by molar-refractivity contribution is 5.78. The van der Waals surface area contributed by atoms with E-state index in [1.807, 2.05) is 24.4 Å². The minimum atomic E-state index is -0.0766. The average molecular weight is 408 g/mol. The third kappa shape index (κ3) is 4.37. The Labute approximate surface area is 173 Å². The van der Waals surface area contributed by atoms with Gasteiger partial charge in [0.05, 0.1) is 6.33 Å². The number of piperidine rings is 1. The van der Waals surface area contributed by atoms with Crippen LogP contribution in [0.15, 0.2) is 47.9 Å². The average Bonchev–Trinajstić information content (AvgIpc) is 3.32. The molecule has 4 rings (SSSR count). The fourth-order valence-corrected chi connectivity index (χ4v) is 3.55. The lowest BCUT2D eigenvalue weighted by molar-refractivity contribution is -0.125. The van der Waals surface area contributed by atoms with Gasteiger partial charge in [0, 0.05) is 56.3 Å². The molecule has 1 fully saturated rings. The number of carbonyl (C=O) groups excluding carboxylic acids is 1. The summed E-state index contributed by atoms with van der Waals surface area (Å²) in [6.07, 6.45) is 8.06. The van der Waals surface area contributed by atoms with Crippen LogP contribution in [0.25, 0.3) is 5.82 Å². The van der Waals surface area contributed by atoms with Crippen molar-refractivity contribution >= 4 is 11.7 Å². The first-order valence-corrected chi connectivity index (χ1v) is 9.99. The topological polar surface area (TPSA) is 111 Å². The fourth-order valence-electron chi connectivity index (χ4n) is 3.55. The lowest BCUT2D eigenvalue weighted by Crippen LogP contribution is -2.42. The van der Waals surface area contributed by atoms with E-state index in [1.54, 1.807) is 24.0 Å². The van der Waals surface area contributed by atoms with E-state index >= 15 is 0 Å². The van der Waals surface area contributed by atoms with Gasteiger partial charge in [-0.15, -0.1) is 10.2 Å². The Kier molecular flexibility index (Phi) is 5.82. The van der Waals surface area contributed by atoms with Gasteiger partial charge in [0.2, 0.25) is 5.91 Å². The van der Waals surface area contributed by atoms with Gasteiger partial charge in [-0.05, 0) is 38.0 Å². The molecule has 0 saturated carbocycles. The van der Waals surface area contributed by atoms with Crippen LogP contribution in [0, 0.1) is 12.8 Å². The third-order valence-electron chi connectivity index (χ3n) is 5.29. The van der Waals surface area contributed by atoms with Gasteiger partial charge in [0.1, 0.15) is 0 Å². The molecule has 0 aromatic carbocycles. The molecule has 0 bridgehead atoms. The van der Waals surface area contributed by atoms with Crippen molar-refractivity contribution in [2.75, 3.05) is 24.5 Å². The van der Waals surface area contributed by atoms with Gasteiger partial charge in [-0.3, -0.25) is 14.2 Å². The minimum Gasteiger partial charge on any atom is -0.355 e. The van der Waals surface area contributed by atoms with Crippen molar-refractivity contribution in [1.29, 1.82) is 0 Å². The van der Waals surface area contributed by atoms with Crippen LogP contribution < -0.4 is 15.8 Å². The second kappa shape index (κ2) is 8.85. The number of carbonyl (C=O) groups is 1. The molecular formula is C20H24N8O2. The molecule has 1 aliphatic heterocycles. The van der Waals surface area contributed by atoms with Gasteiger partial charge in [0.25, 0.3) is 5.56 Å². The van der Waals surface area contributed by atoms with Gasteiger partial charge in [-0.25, -0.2) is 9.67 Å². The Balaban J connectivity index is 1.25. The summed E-state index contributed by atoms with van der Waals surface area (Å²) >= 11 is 0. The van der Waals surface area contributed by atoms with Gasteiger partial charge < -0.3 is 10.2 Å². The number of amides is 1. The molecular weight excluding hydrogens is 384 g/mol. The van der Waals surface area contributed by atoms with E-state index in [-0.39, 0.29) is 17.4 Å². The molecule has 0 radical (unpaired) electrons. The van der Waals surface area contributed by atoms with E-state index in [2.05, 4.69) is 30.5 Å². The summed E-state index contributed by atoms with van der Waals surface area (Å²) in [4.78, 5) is 30.6. The lowest BCUT2D eigenvalue weighted by Gasteiger charge is -2.31. The summed E-state index contributed by atoms with van der Waals surface area (Å²) in [6.45, 7) is 4.04. The Morgan fingerprint density at radius 1 is 1.20 bits per heavy atom. The smallest absolute Gasteiger partial charge is 0.256 e. The van der Waals surface area contributed by atoms with E-state index < -0.39 is 0 Å². The highest BCUT2D eigenvalue weighted by Crippen LogP contribution is 2.22. The summed E-state index contributed by atoms with van der Waals surface area (Å²) in [6, 6.07) is 5.65. The van der Waals surface area contributed by atoms with Crippen LogP contribution in [0.3, 0.4) is 0 Å². The van der Waals surface area contributed by atoms with Gasteiger partial charge in [-0.1, -0.05) is 0 Å². The number of aromatic nitrogens is 6. The first-order valence-electron chi connectivity index (χ1n) is 9.99. The van der Waals surface area contributed by atoms with Crippen LogP contribution in [-0.4, -0.2) is 55.1 Å². The van der Waals surface area contributed by atoms with Crippen molar-refractivity contribution in [3.63, 3.8) is 0 Å². The zero-order valence-electron chi connectivity index (χ0n) is 16.8. The second-order valence-electron chi connectivity index (χ2n) is 7.33. The normalized spacial score (nSPS) is 14.6. The number of anilines is 1. The van der Waals surface area contributed by atoms with E-state index in [0.717, 1.165) is 31.7 Å². The summed E-state index contributed by atoms with van der Waals surface area (Å²) in [5, 5.41) is 15.6. The van der Waals surface area contributed by atoms with Crippen LogP contribution >= 0.6 is 0 Å². The monoisotopic (exact) mass is 408 g/mol. The van der Waals surface area contributed by atoms with Crippen LogP contribution in [0.2, 0.25) is 0 Å². The van der Waals surface area contributed by atoms with Crippen molar-refractivity contribution in [2.45, 2.75) is 26.3 Å². The van der Waals surface area contributed by atoms with Crippen molar-refractivity contribution in [3.05, 3.63) is 59.0 Å². The highest BCUT2D eigenvalue weighted by atomic mass is 16.2. The van der Waals surface area contributed by atoms with E-state index in [4.69, 9.17) is 0 Å². The maximum atomic E-state index is 12.5. The third-order valence-corrected chi connectivity index (χ3v) is 5.29. The molecule has 0 spiro atoms. The van der Waals surface area contributed by atoms with E-state index in [9.17, 15) is 9.59 Å². The van der Waals surface area contributed by atoms with Crippen molar-refractivity contribution < 1.29 is 4.79 Å². The predicted octanol–water partition coefficient (Wildman–Crippen LogP) is 0.560. The maximum Gasteiger partial charge on any atom is 0.256 e. The molecule has 156 valence electrons. The quantitative estimate of drug-likeness (QED) is 0.634. The molecule has 0 atom stereocenters. The van der Waals surface area contributed by atoms with Crippen molar-refractivity contribution in [1.82, 2.24) is 34.8 Å². The first-order chi connectivity index (χ1) is 14.6. The largest absolute Gasteiger partial charge is 0.355 e. The van der Waals surface area contributed by atoms with Gasteiger partial charge in [-0.2, -0.15) is 5.10 Å². The molecule has 1 amide bonds. The molecule has 30 heavy (non-hydrogen) atoms. The fraction of sp³-hybridized carbons (Fsp3) is 0.400. The van der Waals surface area contributed by atoms with Gasteiger partial charge in [0.15, 0.2) is 11.6 Å². The number of hydrogen-bond acceptors (Lipinski definition) is 7. The van der Waals surface area contributed by atoms with E-state index in [1.165, 1.54) is 10.9 Å². The molecule has 10 nitrogen and oxygen atoms in total. The van der Waals surface area contributed by atoms with Crippen LogP contribution in [0.4, 0.5) is 5.82 Å². The SMILES string of the molecule is Cc1cncn(CCNC(=O)C2CCN(c3ccc(-n4cccn4)nn3)CC2)c1=O. The number of aryl methyl sites for hydroxylation is 1. The molecule has 10 heteroatoms. The minimum absolute atomic E-state index is 0.0309. The molecule has 1 N–H and O–H groups in total. The van der Waals surface area contributed by atoms with Crippen LogP contribution in [0.1, 0.15) is 18.4 Å². The zero-order chi connectivity index (χ0) is 20.9. The molecule has 3 aromatic rings. The first kappa shape index (κ1) is 19.7. The molecule has 1 saturated heterocycles. The van der Waals surface area contributed by atoms with Crippen molar-refractivity contribution in [3.8, 4) is 5.82 Å². The summed E-state index contributed by atoms with van der Waals surface area (Å²) in [5.74, 6) is 1.46. The number of hydrogen-bond donors (Lipinski definition) is 1. The Hall–Kier alpha value is -3.56. The molecule has 3 aromatic heterocycles. The predicted molar refractivity (Wildman–Crippen MR) is 110 cm³/mol. The zero-order valence-corrected chi connectivity index (χ0v) is 16.8. The highest BCUT2D eigenvalue weighted by Gasteiger charge is 2.25.